The average molecular weight is 326 g/mol. The molecule has 0 spiro atoms. The molecule has 0 amide bonds. The van der Waals surface area contributed by atoms with E-state index >= 15 is 0 Å². The molecular weight excluding hydrogens is 315 g/mol. The van der Waals surface area contributed by atoms with Gasteiger partial charge in [-0.15, -0.1) is 0 Å². The first-order valence-electron chi connectivity index (χ1n) is 7.14. The molecule has 3 aliphatic rings. The highest BCUT2D eigenvalue weighted by molar-refractivity contribution is 7.50. The van der Waals surface area contributed by atoms with E-state index in [4.69, 9.17) is 13.6 Å². The molecule has 2 aromatic carbocycles. The fraction of sp³-hybridized carbons (Fsp3) is 0.0625. The second-order valence-electron chi connectivity index (χ2n) is 5.32. The highest BCUT2D eigenvalue weighted by atomic mass is 31.2. The fourth-order valence-electron chi connectivity index (χ4n) is 2.94. The molecule has 6 nitrogen and oxygen atoms in total. The summed E-state index contributed by atoms with van der Waals surface area (Å²) in [5.74, 6) is 0.582. The van der Waals surface area contributed by atoms with Gasteiger partial charge in [0.2, 0.25) is 0 Å². The average Bonchev–Trinajstić information content (AvgIpc) is 2.95. The van der Waals surface area contributed by atoms with Crippen LogP contribution in [0.2, 0.25) is 0 Å². The van der Waals surface area contributed by atoms with E-state index in [0.717, 1.165) is 11.1 Å². The normalized spacial score (nSPS) is 20.2. The summed E-state index contributed by atoms with van der Waals surface area (Å²) in [5, 5.41) is 0. The van der Waals surface area contributed by atoms with Crippen molar-refractivity contribution in [1.82, 2.24) is 9.55 Å². The molecule has 1 atom stereocenters. The molecule has 0 fully saturated rings. The highest BCUT2D eigenvalue weighted by Crippen LogP contribution is 2.65. The number of hydrogen-bond donors (Lipinski definition) is 0. The first-order chi connectivity index (χ1) is 11.2. The van der Waals surface area contributed by atoms with Gasteiger partial charge in [-0.05, 0) is 11.1 Å². The molecule has 0 aliphatic carbocycles. The Hall–Kier alpha value is -2.72. The molecule has 0 N–H and O–H groups in total. The van der Waals surface area contributed by atoms with Gasteiger partial charge in [-0.2, -0.15) is 9.55 Å². The molecule has 1 unspecified atom stereocenters. The van der Waals surface area contributed by atoms with Crippen LogP contribution in [0.5, 0.6) is 17.8 Å². The van der Waals surface area contributed by atoms with Crippen LogP contribution in [-0.4, -0.2) is 9.55 Å². The number of rotatable bonds is 3. The zero-order chi connectivity index (χ0) is 15.4. The lowest BCUT2D eigenvalue weighted by Gasteiger charge is -2.25. The summed E-state index contributed by atoms with van der Waals surface area (Å²) in [6.45, 7) is 0. The molecule has 7 heteroatoms. The van der Waals surface area contributed by atoms with E-state index in [1.807, 2.05) is 60.7 Å². The lowest BCUT2D eigenvalue weighted by molar-refractivity contribution is 0.269. The van der Waals surface area contributed by atoms with Crippen LogP contribution in [0.15, 0.2) is 60.7 Å². The maximum atomic E-state index is 12.1. The Morgan fingerprint density at radius 3 is 2.04 bits per heavy atom. The number of aromatic nitrogens is 2. The predicted octanol–water partition coefficient (Wildman–Crippen LogP) is 3.79. The fourth-order valence-corrected chi connectivity index (χ4v) is 4.09. The highest BCUT2D eigenvalue weighted by Gasteiger charge is 2.53. The van der Waals surface area contributed by atoms with Gasteiger partial charge in [-0.25, -0.2) is 4.57 Å². The summed E-state index contributed by atoms with van der Waals surface area (Å²) >= 11 is 0. The molecule has 0 saturated carbocycles. The van der Waals surface area contributed by atoms with Gasteiger partial charge >= 0.3 is 13.8 Å². The Bertz CT molecular complexity index is 894. The molecule has 4 bridgehead atoms. The van der Waals surface area contributed by atoms with E-state index in [2.05, 4.69) is 4.98 Å². The van der Waals surface area contributed by atoms with E-state index < -0.39 is 7.82 Å². The van der Waals surface area contributed by atoms with Gasteiger partial charge in [0, 0.05) is 0 Å². The smallest absolute Gasteiger partial charge is 0.363 e. The largest absolute Gasteiger partial charge is 0.652 e. The van der Waals surface area contributed by atoms with Crippen molar-refractivity contribution in [3.05, 3.63) is 71.8 Å². The Morgan fingerprint density at radius 2 is 1.48 bits per heavy atom. The van der Waals surface area contributed by atoms with Crippen LogP contribution in [0.3, 0.4) is 0 Å². The number of hydrogen-bond acceptors (Lipinski definition) is 5. The quantitative estimate of drug-likeness (QED) is 0.685. The number of imidazole rings is 1. The van der Waals surface area contributed by atoms with E-state index in [1.54, 1.807) is 4.57 Å². The molecule has 114 valence electrons. The third-order valence-corrected chi connectivity index (χ3v) is 5.06. The van der Waals surface area contributed by atoms with Crippen LogP contribution in [0.25, 0.3) is 0 Å². The summed E-state index contributed by atoms with van der Waals surface area (Å²) in [7, 11) is -3.53. The summed E-state index contributed by atoms with van der Waals surface area (Å²) < 4.78 is 29.7. The van der Waals surface area contributed by atoms with Gasteiger partial charge in [0.05, 0.1) is 6.04 Å². The molecule has 0 radical (unpaired) electrons. The van der Waals surface area contributed by atoms with Crippen LogP contribution in [0.1, 0.15) is 17.2 Å². The van der Waals surface area contributed by atoms with E-state index in [9.17, 15) is 4.57 Å². The number of nitrogens with zero attached hydrogens (tertiary/aromatic N) is 2. The van der Waals surface area contributed by atoms with Crippen molar-refractivity contribution in [2.24, 2.45) is 0 Å². The first kappa shape index (κ1) is 12.8. The van der Waals surface area contributed by atoms with Gasteiger partial charge in [0.25, 0.3) is 11.8 Å². The van der Waals surface area contributed by atoms with Gasteiger partial charge < -0.3 is 13.6 Å². The molecule has 3 aromatic rings. The lowest BCUT2D eigenvalue weighted by Crippen LogP contribution is -2.19. The van der Waals surface area contributed by atoms with Crippen molar-refractivity contribution in [2.75, 3.05) is 0 Å². The third-order valence-electron chi connectivity index (χ3n) is 3.88. The Balaban J connectivity index is 1.74. The topological polar surface area (TPSA) is 62.6 Å². The van der Waals surface area contributed by atoms with Gasteiger partial charge in [-0.1, -0.05) is 60.7 Å². The molecule has 3 aliphatic heterocycles. The maximum Gasteiger partial charge on any atom is 0.652 e. The molecule has 23 heavy (non-hydrogen) atoms. The second kappa shape index (κ2) is 4.40. The van der Waals surface area contributed by atoms with Crippen LogP contribution in [-0.2, 0) is 4.57 Å². The zero-order valence-electron chi connectivity index (χ0n) is 11.8. The van der Waals surface area contributed by atoms with Crippen LogP contribution in [0.4, 0.5) is 0 Å². The molecule has 0 saturated heterocycles. The first-order valence-corrected chi connectivity index (χ1v) is 8.60. The Labute approximate surface area is 131 Å². The minimum absolute atomic E-state index is 0.209. The molecule has 1 aromatic heterocycles. The summed E-state index contributed by atoms with van der Waals surface area (Å²) in [4.78, 5) is 4.20. The SMILES string of the molecule is O=P12Oc3nc(n(C(c4ccccc4)c4ccccc4)c3O1)O2. The zero-order valence-corrected chi connectivity index (χ0v) is 12.7. The van der Waals surface area contributed by atoms with Gasteiger partial charge in [-0.3, -0.25) is 0 Å². The maximum absolute atomic E-state index is 12.1. The van der Waals surface area contributed by atoms with Crippen molar-refractivity contribution < 1.29 is 18.1 Å². The van der Waals surface area contributed by atoms with Crippen LogP contribution in [0, 0.1) is 0 Å². The van der Waals surface area contributed by atoms with Crippen molar-refractivity contribution in [3.63, 3.8) is 0 Å². The van der Waals surface area contributed by atoms with Crippen LogP contribution >= 0.6 is 7.82 Å². The lowest BCUT2D eigenvalue weighted by atomic mass is 9.98. The molecular formula is C16H11N2O4P. The van der Waals surface area contributed by atoms with E-state index in [1.165, 1.54) is 0 Å². The number of phosphoric acid groups is 1. The van der Waals surface area contributed by atoms with Crippen molar-refractivity contribution in [2.45, 2.75) is 6.04 Å². The van der Waals surface area contributed by atoms with Crippen LogP contribution < -0.4 is 13.6 Å². The van der Waals surface area contributed by atoms with Crippen molar-refractivity contribution in [1.29, 1.82) is 0 Å². The van der Waals surface area contributed by atoms with Crippen molar-refractivity contribution >= 4 is 7.82 Å². The predicted molar refractivity (Wildman–Crippen MR) is 81.8 cm³/mol. The summed E-state index contributed by atoms with van der Waals surface area (Å²) in [6.07, 6.45) is 0. The monoisotopic (exact) mass is 326 g/mol. The molecule has 4 heterocycles. The van der Waals surface area contributed by atoms with E-state index in [0.29, 0.717) is 5.88 Å². The van der Waals surface area contributed by atoms with Crippen molar-refractivity contribution in [3.8, 4) is 17.8 Å². The Kier molecular flexibility index (Phi) is 2.44. The van der Waals surface area contributed by atoms with Gasteiger partial charge in [0.15, 0.2) is 0 Å². The molecule has 6 rings (SSSR count). The summed E-state index contributed by atoms with van der Waals surface area (Å²) in [5.41, 5.74) is 2.08. The Morgan fingerprint density at radius 1 is 0.870 bits per heavy atom. The summed E-state index contributed by atoms with van der Waals surface area (Å²) in [6, 6.07) is 19.9. The number of benzene rings is 2. The number of phosphoric ester groups is 1. The van der Waals surface area contributed by atoms with Gasteiger partial charge in [0.1, 0.15) is 0 Å². The third kappa shape index (κ3) is 1.82. The minimum Gasteiger partial charge on any atom is -0.363 e. The van der Waals surface area contributed by atoms with E-state index in [-0.39, 0.29) is 17.9 Å². The second-order valence-corrected chi connectivity index (χ2v) is 6.76. The standard InChI is InChI=1S/C16H11N2O4P/c19-23-20-14-15(21-23)18(16(17-14)22-23)13(11-7-3-1-4-8-11)12-9-5-2-6-10-12/h1-10,13H. The minimum atomic E-state index is -3.53.